The summed E-state index contributed by atoms with van der Waals surface area (Å²) in [4.78, 5) is 5.11. The molecule has 3 heteroatoms. The van der Waals surface area contributed by atoms with Crippen molar-refractivity contribution in [2.75, 3.05) is 39.3 Å². The van der Waals surface area contributed by atoms with E-state index in [0.29, 0.717) is 17.3 Å². The quantitative estimate of drug-likeness (QED) is 0.247. The molecule has 0 aromatic heterocycles. The maximum atomic E-state index is 4.35. The first-order valence-electron chi connectivity index (χ1n) is 16.2. The maximum Gasteiger partial charge on any atom is 0.0209 e. The van der Waals surface area contributed by atoms with Crippen LogP contribution in [-0.2, 0) is 0 Å². The second-order valence-electron chi connectivity index (χ2n) is 13.5. The second kappa shape index (κ2) is 16.2. The van der Waals surface area contributed by atoms with E-state index in [-0.39, 0.29) is 0 Å². The lowest BCUT2D eigenvalue weighted by Crippen LogP contribution is -2.32. The Morgan fingerprint density at radius 2 is 1.49 bits per heavy atom. The predicted octanol–water partition coefficient (Wildman–Crippen LogP) is 8.73. The number of rotatable bonds is 13. The topological polar surface area (TPSA) is 18.5 Å². The normalized spacial score (nSPS) is 25.1. The zero-order valence-corrected chi connectivity index (χ0v) is 26.2. The summed E-state index contributed by atoms with van der Waals surface area (Å²) in [6.45, 7) is 32.3. The second-order valence-corrected chi connectivity index (χ2v) is 13.5. The summed E-state index contributed by atoms with van der Waals surface area (Å²) >= 11 is 0. The van der Waals surface area contributed by atoms with Crippen molar-refractivity contribution in [3.63, 3.8) is 0 Å². The highest BCUT2D eigenvalue weighted by Gasteiger charge is 2.39. The van der Waals surface area contributed by atoms with Crippen LogP contribution in [0, 0.1) is 35.0 Å². The number of hydrogen-bond acceptors (Lipinski definition) is 3. The minimum Gasteiger partial charge on any atom is -0.375 e. The van der Waals surface area contributed by atoms with Crippen LogP contribution in [-0.4, -0.2) is 49.1 Å². The number of nitrogens with zero attached hydrogens (tertiary/aromatic N) is 2. The SMILES string of the molecule is C=C(C(C)C)N1CCC(C2(C)CCCCC2)C1.C=C(C(C)CCC)N1CCC(C(C)CCNCCC)C1. The van der Waals surface area contributed by atoms with Crippen molar-refractivity contribution in [1.29, 1.82) is 0 Å². The van der Waals surface area contributed by atoms with Gasteiger partial charge in [0, 0.05) is 37.6 Å². The summed E-state index contributed by atoms with van der Waals surface area (Å²) in [6.07, 6.45) is 15.1. The van der Waals surface area contributed by atoms with Crippen LogP contribution in [0.2, 0.25) is 0 Å². The van der Waals surface area contributed by atoms with E-state index in [4.69, 9.17) is 0 Å². The van der Waals surface area contributed by atoms with E-state index >= 15 is 0 Å². The van der Waals surface area contributed by atoms with Crippen molar-refractivity contribution in [3.05, 3.63) is 24.6 Å². The molecule has 0 bridgehead atoms. The number of hydrogen-bond donors (Lipinski definition) is 1. The average Bonchev–Trinajstić information content (AvgIpc) is 3.58. The van der Waals surface area contributed by atoms with Gasteiger partial charge in [-0.1, -0.05) is 87.3 Å². The Morgan fingerprint density at radius 3 is 2.11 bits per heavy atom. The highest BCUT2D eigenvalue weighted by Crippen LogP contribution is 2.46. The molecule has 0 amide bonds. The third-order valence-electron chi connectivity index (χ3n) is 10.2. The van der Waals surface area contributed by atoms with Gasteiger partial charge in [-0.25, -0.2) is 0 Å². The Bertz CT molecular complexity index is 662. The van der Waals surface area contributed by atoms with Gasteiger partial charge in [-0.15, -0.1) is 0 Å². The Morgan fingerprint density at radius 1 is 0.838 bits per heavy atom. The van der Waals surface area contributed by atoms with Gasteiger partial charge in [0.15, 0.2) is 0 Å². The van der Waals surface area contributed by atoms with Gasteiger partial charge in [0.1, 0.15) is 0 Å². The number of nitrogens with one attached hydrogen (secondary N) is 1. The van der Waals surface area contributed by atoms with Crippen LogP contribution >= 0.6 is 0 Å². The van der Waals surface area contributed by atoms with Gasteiger partial charge in [-0.3, -0.25) is 0 Å². The molecule has 3 aliphatic rings. The first-order valence-corrected chi connectivity index (χ1v) is 16.2. The molecule has 1 N–H and O–H groups in total. The van der Waals surface area contributed by atoms with Crippen molar-refractivity contribution >= 4 is 0 Å². The minimum atomic E-state index is 0.605. The van der Waals surface area contributed by atoms with Crippen molar-refractivity contribution in [1.82, 2.24) is 15.1 Å². The molecular formula is C34H65N3. The predicted molar refractivity (Wildman–Crippen MR) is 165 cm³/mol. The van der Waals surface area contributed by atoms with Crippen molar-refractivity contribution in [2.45, 2.75) is 119 Å². The highest BCUT2D eigenvalue weighted by atomic mass is 15.2. The highest BCUT2D eigenvalue weighted by molar-refractivity contribution is 5.03. The lowest BCUT2D eigenvalue weighted by Gasteiger charge is -2.39. The molecule has 1 aliphatic carbocycles. The van der Waals surface area contributed by atoms with Gasteiger partial charge < -0.3 is 15.1 Å². The Hall–Kier alpha value is -0.960. The van der Waals surface area contributed by atoms with Gasteiger partial charge in [0.2, 0.25) is 0 Å². The fourth-order valence-corrected chi connectivity index (χ4v) is 7.01. The van der Waals surface area contributed by atoms with Gasteiger partial charge in [-0.2, -0.15) is 0 Å². The molecule has 3 fully saturated rings. The summed E-state index contributed by atoms with van der Waals surface area (Å²) in [5.41, 5.74) is 3.36. The summed E-state index contributed by atoms with van der Waals surface area (Å²) in [5.74, 6) is 3.87. The Balaban J connectivity index is 0.000000263. The van der Waals surface area contributed by atoms with Crippen LogP contribution in [0.15, 0.2) is 24.6 Å². The molecule has 37 heavy (non-hydrogen) atoms. The van der Waals surface area contributed by atoms with E-state index in [2.05, 4.69) is 76.7 Å². The largest absolute Gasteiger partial charge is 0.375 e. The zero-order valence-electron chi connectivity index (χ0n) is 26.2. The van der Waals surface area contributed by atoms with E-state index in [1.807, 2.05) is 0 Å². The summed E-state index contributed by atoms with van der Waals surface area (Å²) in [6, 6.07) is 0. The van der Waals surface area contributed by atoms with Crippen LogP contribution in [0.5, 0.6) is 0 Å². The van der Waals surface area contributed by atoms with Crippen molar-refractivity contribution < 1.29 is 0 Å². The smallest absolute Gasteiger partial charge is 0.0209 e. The van der Waals surface area contributed by atoms with E-state index in [0.717, 1.165) is 24.3 Å². The Kier molecular flexibility index (Phi) is 14.1. The van der Waals surface area contributed by atoms with E-state index in [9.17, 15) is 0 Å². The molecule has 2 heterocycles. The lowest BCUT2D eigenvalue weighted by molar-refractivity contribution is 0.123. The van der Waals surface area contributed by atoms with Crippen LogP contribution < -0.4 is 5.32 Å². The molecule has 0 spiro atoms. The van der Waals surface area contributed by atoms with Gasteiger partial charge in [0.05, 0.1) is 0 Å². The molecular weight excluding hydrogens is 450 g/mol. The fourth-order valence-electron chi connectivity index (χ4n) is 7.01. The lowest BCUT2D eigenvalue weighted by atomic mass is 9.67. The molecule has 3 rings (SSSR count). The number of allylic oxidation sites excluding steroid dienone is 2. The monoisotopic (exact) mass is 516 g/mol. The molecule has 2 saturated heterocycles. The third-order valence-corrected chi connectivity index (χ3v) is 10.2. The van der Waals surface area contributed by atoms with Gasteiger partial charge in [-0.05, 0) is 93.0 Å². The van der Waals surface area contributed by atoms with E-state index in [1.165, 1.54) is 115 Å². The van der Waals surface area contributed by atoms with Crippen LogP contribution in [0.4, 0.5) is 0 Å². The first-order chi connectivity index (χ1) is 17.6. The molecule has 216 valence electrons. The minimum absolute atomic E-state index is 0.605. The molecule has 0 radical (unpaired) electrons. The number of likely N-dealkylation sites (tertiary alicyclic amines) is 2. The molecule has 2 aliphatic heterocycles. The van der Waals surface area contributed by atoms with Crippen LogP contribution in [0.25, 0.3) is 0 Å². The third kappa shape index (κ3) is 9.94. The van der Waals surface area contributed by atoms with E-state index in [1.54, 1.807) is 0 Å². The molecule has 3 nitrogen and oxygen atoms in total. The van der Waals surface area contributed by atoms with E-state index < -0.39 is 0 Å². The average molecular weight is 516 g/mol. The summed E-state index contributed by atoms with van der Waals surface area (Å²) < 4.78 is 0. The van der Waals surface area contributed by atoms with Crippen LogP contribution in [0.1, 0.15) is 119 Å². The standard InChI is InChI=1S/C18H36N2.C16H29N/c1-6-8-15(3)17(5)20-13-10-18(14-20)16(4)9-12-19-11-7-2;1-13(2)14(3)17-11-8-15(12-17)16(4)9-6-5-7-10-16/h15-16,18-19H,5-14H2,1-4H3;13,15H,3,5-12H2,1-2,4H3. The molecule has 4 atom stereocenters. The van der Waals surface area contributed by atoms with Crippen molar-refractivity contribution in [3.8, 4) is 0 Å². The van der Waals surface area contributed by atoms with Crippen LogP contribution in [0.3, 0.4) is 0 Å². The van der Waals surface area contributed by atoms with Gasteiger partial charge >= 0.3 is 0 Å². The zero-order chi connectivity index (χ0) is 27.4. The summed E-state index contributed by atoms with van der Waals surface area (Å²) in [7, 11) is 0. The van der Waals surface area contributed by atoms with Gasteiger partial charge in [0.25, 0.3) is 0 Å². The maximum absolute atomic E-state index is 4.35. The first kappa shape index (κ1) is 32.3. The van der Waals surface area contributed by atoms with Crippen molar-refractivity contribution in [2.24, 2.45) is 35.0 Å². The fraction of sp³-hybridized carbons (Fsp3) is 0.882. The molecule has 0 aromatic rings. The molecule has 0 aromatic carbocycles. The molecule has 1 saturated carbocycles. The summed E-state index contributed by atoms with van der Waals surface area (Å²) in [5, 5.41) is 3.53. The Labute approximate surface area is 232 Å². The molecule has 4 unspecified atom stereocenters.